The van der Waals surface area contributed by atoms with E-state index in [9.17, 15) is 0 Å². The highest BCUT2D eigenvalue weighted by Crippen LogP contribution is 2.35. The van der Waals surface area contributed by atoms with Gasteiger partial charge in [-0.25, -0.2) is 15.0 Å². The average molecular weight is 587 g/mol. The average Bonchev–Trinajstić information content (AvgIpc) is 3.56. The van der Waals surface area contributed by atoms with E-state index in [0.29, 0.717) is 22.8 Å². The number of hydrogen-bond acceptors (Lipinski definition) is 12. The summed E-state index contributed by atoms with van der Waals surface area (Å²) in [7, 11) is -1.39. The summed E-state index contributed by atoms with van der Waals surface area (Å²) in [6, 6.07) is 8.24. The van der Waals surface area contributed by atoms with E-state index < -0.39 is 7.12 Å². The van der Waals surface area contributed by atoms with Crippen LogP contribution in [0.15, 0.2) is 49.1 Å². The van der Waals surface area contributed by atoms with Crippen LogP contribution in [0.5, 0.6) is 0 Å². The SMILES string of the molecule is Cc1cc(-c2ncc3c(n2)N[C@H]2CCN3C2)ccn1.Cc1cc(B(O)O)ccn1.Clc1ncc2c(n1)N[C@H]1CCN2C1. The number of aromatic nitrogens is 6. The fraction of sp³-hybridized carbons (Fsp3) is 0.357. The molecule has 4 aromatic rings. The van der Waals surface area contributed by atoms with Gasteiger partial charge in [0.25, 0.3) is 0 Å². The molecule has 8 rings (SSSR count). The molecule has 42 heavy (non-hydrogen) atoms. The van der Waals surface area contributed by atoms with E-state index in [2.05, 4.69) is 50.3 Å². The fourth-order valence-corrected chi connectivity index (χ4v) is 5.67. The number of hydrogen-bond donors (Lipinski definition) is 4. The van der Waals surface area contributed by atoms with Crippen LogP contribution < -0.4 is 25.9 Å². The van der Waals surface area contributed by atoms with Crippen LogP contribution in [0.2, 0.25) is 5.28 Å². The van der Waals surface area contributed by atoms with Gasteiger partial charge in [0.1, 0.15) is 0 Å². The first kappa shape index (κ1) is 28.1. The molecule has 0 aliphatic carbocycles. The topological polar surface area (TPSA) is 148 Å². The Bertz CT molecular complexity index is 1580. The van der Waals surface area contributed by atoms with Crippen LogP contribution in [-0.4, -0.2) is 85.3 Å². The highest BCUT2D eigenvalue weighted by Gasteiger charge is 2.32. The molecular formula is C28H32BClN10O2. The number of nitrogens with zero attached hydrogens (tertiary/aromatic N) is 8. The maximum Gasteiger partial charge on any atom is 0.488 e. The number of anilines is 4. The molecule has 4 N–H and O–H groups in total. The quantitative estimate of drug-likeness (QED) is 0.201. The van der Waals surface area contributed by atoms with Crippen molar-refractivity contribution >= 4 is 47.2 Å². The van der Waals surface area contributed by atoms with E-state index in [1.54, 1.807) is 37.6 Å². The number of pyridine rings is 2. The van der Waals surface area contributed by atoms with Crippen molar-refractivity contribution in [2.24, 2.45) is 0 Å². The van der Waals surface area contributed by atoms with Gasteiger partial charge >= 0.3 is 7.12 Å². The zero-order valence-electron chi connectivity index (χ0n) is 23.4. The van der Waals surface area contributed by atoms with Gasteiger partial charge < -0.3 is 30.5 Å². The molecule has 2 fully saturated rings. The van der Waals surface area contributed by atoms with Gasteiger partial charge in [-0.05, 0) is 68.0 Å². The fourth-order valence-electron chi connectivity index (χ4n) is 5.54. The molecule has 4 aromatic heterocycles. The van der Waals surface area contributed by atoms with Crippen molar-refractivity contribution in [2.75, 3.05) is 46.6 Å². The van der Waals surface area contributed by atoms with Gasteiger partial charge in [-0.1, -0.05) is 0 Å². The first-order valence-corrected chi connectivity index (χ1v) is 14.3. The molecule has 4 bridgehead atoms. The van der Waals surface area contributed by atoms with Crippen molar-refractivity contribution in [3.05, 3.63) is 65.7 Å². The lowest BCUT2D eigenvalue weighted by Gasteiger charge is -2.27. The molecule has 2 atom stereocenters. The summed E-state index contributed by atoms with van der Waals surface area (Å²) in [5, 5.41) is 24.5. The molecule has 0 spiro atoms. The molecule has 2 saturated heterocycles. The molecule has 0 saturated carbocycles. The van der Waals surface area contributed by atoms with Gasteiger partial charge in [-0.2, -0.15) is 4.98 Å². The molecule has 0 radical (unpaired) electrons. The van der Waals surface area contributed by atoms with Gasteiger partial charge in [-0.15, -0.1) is 0 Å². The standard InChI is InChI=1S/C14H15N5.C8H9ClN4.C6H8BNO2/c1-9-6-10(2-4-15-9)13-16-7-12-14(18-13)17-11-3-5-19(12)8-11;9-8-10-3-6-7(12-8)11-5-1-2-13(6)4-5;1-5-4-6(7(9)10)2-3-8-5/h2,4,6-7,11H,3,5,8H2,1H3,(H,16,17,18);3,5H,1-2,4H2,(H,10,11,12);2-4,9-10H,1H3/t11-;5-;/m00./s1. The van der Waals surface area contributed by atoms with Crippen LogP contribution in [-0.2, 0) is 0 Å². The van der Waals surface area contributed by atoms with Crippen molar-refractivity contribution in [1.82, 2.24) is 29.9 Å². The minimum Gasteiger partial charge on any atom is -0.423 e. The Balaban J connectivity index is 0.000000120. The molecule has 4 aliphatic rings. The van der Waals surface area contributed by atoms with E-state index in [1.165, 1.54) is 12.8 Å². The summed E-state index contributed by atoms with van der Waals surface area (Å²) in [6.07, 6.45) is 9.42. The van der Waals surface area contributed by atoms with Crippen LogP contribution in [0.25, 0.3) is 11.4 Å². The van der Waals surface area contributed by atoms with Crippen LogP contribution in [0.3, 0.4) is 0 Å². The Kier molecular flexibility index (Phi) is 8.05. The number of nitrogens with one attached hydrogen (secondary N) is 2. The first-order valence-electron chi connectivity index (χ1n) is 14.0. The lowest BCUT2D eigenvalue weighted by atomic mass is 9.81. The Hall–Kier alpha value is -4.07. The summed E-state index contributed by atoms with van der Waals surface area (Å²) in [5.74, 6) is 2.61. The molecule has 0 unspecified atom stereocenters. The number of halogens is 1. The smallest absolute Gasteiger partial charge is 0.423 e. The van der Waals surface area contributed by atoms with Crippen molar-refractivity contribution < 1.29 is 10.0 Å². The molecule has 14 heteroatoms. The minimum absolute atomic E-state index is 0.314. The van der Waals surface area contributed by atoms with Gasteiger partial charge in [0.05, 0.1) is 23.8 Å². The maximum atomic E-state index is 8.68. The molecule has 4 aliphatic heterocycles. The van der Waals surface area contributed by atoms with E-state index >= 15 is 0 Å². The maximum absolute atomic E-state index is 8.68. The third-order valence-corrected chi connectivity index (χ3v) is 7.80. The Labute approximate surface area is 249 Å². The zero-order chi connectivity index (χ0) is 29.2. The van der Waals surface area contributed by atoms with Crippen molar-refractivity contribution in [3.8, 4) is 11.4 Å². The van der Waals surface area contributed by atoms with E-state index in [4.69, 9.17) is 21.6 Å². The highest BCUT2D eigenvalue weighted by molar-refractivity contribution is 6.58. The molecule has 12 nitrogen and oxygen atoms in total. The third-order valence-electron chi connectivity index (χ3n) is 7.62. The van der Waals surface area contributed by atoms with E-state index in [1.807, 2.05) is 25.3 Å². The lowest BCUT2D eigenvalue weighted by molar-refractivity contribution is 0.425. The molecule has 0 aromatic carbocycles. The number of fused-ring (bicyclic) bond motifs is 8. The van der Waals surface area contributed by atoms with Crippen LogP contribution in [0.4, 0.5) is 23.0 Å². The van der Waals surface area contributed by atoms with Crippen LogP contribution >= 0.6 is 11.6 Å². The summed E-state index contributed by atoms with van der Waals surface area (Å²) in [5.41, 5.74) is 5.47. The van der Waals surface area contributed by atoms with Crippen LogP contribution in [0.1, 0.15) is 24.2 Å². The van der Waals surface area contributed by atoms with E-state index in [-0.39, 0.29) is 0 Å². The Morgan fingerprint density at radius 2 is 1.40 bits per heavy atom. The van der Waals surface area contributed by atoms with Gasteiger partial charge in [0, 0.05) is 67.6 Å². The van der Waals surface area contributed by atoms with Gasteiger partial charge in [0.15, 0.2) is 17.5 Å². The van der Waals surface area contributed by atoms with Gasteiger partial charge in [0.2, 0.25) is 5.28 Å². The van der Waals surface area contributed by atoms with Crippen molar-refractivity contribution in [3.63, 3.8) is 0 Å². The zero-order valence-corrected chi connectivity index (χ0v) is 24.2. The van der Waals surface area contributed by atoms with Gasteiger partial charge in [-0.3, -0.25) is 9.97 Å². The van der Waals surface area contributed by atoms with Crippen molar-refractivity contribution in [1.29, 1.82) is 0 Å². The summed E-state index contributed by atoms with van der Waals surface area (Å²) < 4.78 is 0. The van der Waals surface area contributed by atoms with Crippen LogP contribution in [0, 0.1) is 13.8 Å². The highest BCUT2D eigenvalue weighted by atomic mass is 35.5. The Morgan fingerprint density at radius 3 is 2.00 bits per heavy atom. The second-order valence-electron chi connectivity index (χ2n) is 10.7. The normalized spacial score (nSPS) is 18.8. The third kappa shape index (κ3) is 6.23. The Morgan fingerprint density at radius 1 is 0.810 bits per heavy atom. The number of rotatable bonds is 2. The predicted octanol–water partition coefficient (Wildman–Crippen LogP) is 2.06. The summed E-state index contributed by atoms with van der Waals surface area (Å²) >= 11 is 5.71. The molecule has 216 valence electrons. The minimum atomic E-state index is -1.39. The monoisotopic (exact) mass is 586 g/mol. The molecule has 0 amide bonds. The van der Waals surface area contributed by atoms with E-state index in [0.717, 1.165) is 72.0 Å². The molecule has 8 heterocycles. The number of aryl methyl sites for hydroxylation is 2. The molecular weight excluding hydrogens is 555 g/mol. The lowest BCUT2D eigenvalue weighted by Crippen LogP contribution is -2.32. The summed E-state index contributed by atoms with van der Waals surface area (Å²) in [6.45, 7) is 8.11. The largest absolute Gasteiger partial charge is 0.488 e. The predicted molar refractivity (Wildman–Crippen MR) is 164 cm³/mol. The summed E-state index contributed by atoms with van der Waals surface area (Å²) in [4.78, 5) is 30.1. The first-order chi connectivity index (χ1) is 20.3. The second kappa shape index (κ2) is 12.0. The van der Waals surface area contributed by atoms with Crippen molar-refractivity contribution in [2.45, 2.75) is 38.8 Å². The second-order valence-corrected chi connectivity index (χ2v) is 11.1.